The molecule has 1 amide bonds. The van der Waals surface area contributed by atoms with Crippen LogP contribution in [0.1, 0.15) is 27.8 Å². The van der Waals surface area contributed by atoms with Crippen molar-refractivity contribution in [3.63, 3.8) is 0 Å². The summed E-state index contributed by atoms with van der Waals surface area (Å²) in [5.41, 5.74) is 2.68. The molecule has 0 radical (unpaired) electrons. The molecule has 0 aliphatic heterocycles. The summed E-state index contributed by atoms with van der Waals surface area (Å²) in [6, 6.07) is 17.5. The summed E-state index contributed by atoms with van der Waals surface area (Å²) in [6.45, 7) is 2.38. The van der Waals surface area contributed by atoms with E-state index in [1.807, 2.05) is 25.1 Å². The Morgan fingerprint density at radius 1 is 1.00 bits per heavy atom. The zero-order valence-electron chi connectivity index (χ0n) is 16.1. The number of methoxy groups -OCH3 is 1. The second-order valence-electron chi connectivity index (χ2n) is 6.01. The van der Waals surface area contributed by atoms with E-state index in [0.717, 1.165) is 0 Å². The molecule has 3 rings (SSSR count). The number of para-hydroxylation sites is 2. The molecule has 7 nitrogen and oxygen atoms in total. The monoisotopic (exact) mass is 391 g/mol. The van der Waals surface area contributed by atoms with Gasteiger partial charge in [-0.3, -0.25) is 4.79 Å². The molecule has 0 unspecified atom stereocenters. The maximum absolute atomic E-state index is 12.5. The SMILES string of the molecule is CCOc1ccccc1NC(=O)c1ccc(Nc2cccc(C(=O)OC)c2)cn1. The van der Waals surface area contributed by atoms with Crippen LogP contribution in [0, 0.1) is 0 Å². The van der Waals surface area contributed by atoms with Crippen LogP contribution in [0.5, 0.6) is 5.75 Å². The number of benzene rings is 2. The Hall–Kier alpha value is -3.87. The molecule has 0 atom stereocenters. The van der Waals surface area contributed by atoms with Gasteiger partial charge in [0.1, 0.15) is 11.4 Å². The molecule has 1 heterocycles. The van der Waals surface area contributed by atoms with E-state index in [9.17, 15) is 9.59 Å². The standard InChI is InChI=1S/C22H21N3O4/c1-3-29-20-10-5-4-9-18(20)25-21(26)19-12-11-17(14-23-19)24-16-8-6-7-15(13-16)22(27)28-2/h4-14,24H,3H2,1-2H3,(H,25,26). The average Bonchev–Trinajstić information content (AvgIpc) is 2.75. The Bertz CT molecular complexity index is 1000. The molecular formula is C22H21N3O4. The number of esters is 1. The van der Waals surface area contributed by atoms with Crippen LogP contribution in [0.25, 0.3) is 0 Å². The summed E-state index contributed by atoms with van der Waals surface area (Å²) in [7, 11) is 1.34. The van der Waals surface area contributed by atoms with Crippen molar-refractivity contribution >= 4 is 28.9 Å². The number of carbonyl (C=O) groups excluding carboxylic acids is 2. The van der Waals surface area contributed by atoms with Crippen molar-refractivity contribution in [1.82, 2.24) is 4.98 Å². The molecule has 7 heteroatoms. The third-order valence-corrected chi connectivity index (χ3v) is 4.00. The van der Waals surface area contributed by atoms with Gasteiger partial charge in [-0.15, -0.1) is 0 Å². The molecule has 3 aromatic rings. The average molecular weight is 391 g/mol. The zero-order chi connectivity index (χ0) is 20.6. The van der Waals surface area contributed by atoms with Crippen LogP contribution < -0.4 is 15.4 Å². The number of pyridine rings is 1. The van der Waals surface area contributed by atoms with Gasteiger partial charge in [-0.2, -0.15) is 0 Å². The fourth-order valence-electron chi connectivity index (χ4n) is 2.65. The Morgan fingerprint density at radius 3 is 2.55 bits per heavy atom. The first-order chi connectivity index (χ1) is 14.1. The predicted molar refractivity (Wildman–Crippen MR) is 111 cm³/mol. The highest BCUT2D eigenvalue weighted by molar-refractivity contribution is 6.03. The Labute approximate surface area is 168 Å². The molecule has 0 aliphatic carbocycles. The fourth-order valence-corrected chi connectivity index (χ4v) is 2.65. The van der Waals surface area contributed by atoms with Gasteiger partial charge in [-0.05, 0) is 49.4 Å². The number of amides is 1. The number of rotatable bonds is 7. The van der Waals surface area contributed by atoms with Crippen molar-refractivity contribution in [2.45, 2.75) is 6.92 Å². The van der Waals surface area contributed by atoms with Crippen molar-refractivity contribution in [3.8, 4) is 5.75 Å². The third-order valence-electron chi connectivity index (χ3n) is 4.00. The second kappa shape index (κ2) is 9.36. The van der Waals surface area contributed by atoms with E-state index in [2.05, 4.69) is 15.6 Å². The summed E-state index contributed by atoms with van der Waals surface area (Å²) in [6.07, 6.45) is 1.55. The Morgan fingerprint density at radius 2 is 1.83 bits per heavy atom. The van der Waals surface area contributed by atoms with Gasteiger partial charge < -0.3 is 20.1 Å². The predicted octanol–water partition coefficient (Wildman–Crippen LogP) is 4.26. The third kappa shape index (κ3) is 5.10. The van der Waals surface area contributed by atoms with Crippen molar-refractivity contribution < 1.29 is 19.1 Å². The van der Waals surface area contributed by atoms with Crippen LogP contribution in [0.2, 0.25) is 0 Å². The van der Waals surface area contributed by atoms with Gasteiger partial charge in [-0.25, -0.2) is 9.78 Å². The van der Waals surface area contributed by atoms with E-state index in [1.54, 1.807) is 48.7 Å². The van der Waals surface area contributed by atoms with Crippen molar-refractivity contribution in [1.29, 1.82) is 0 Å². The summed E-state index contributed by atoms with van der Waals surface area (Å²) < 4.78 is 10.2. The quantitative estimate of drug-likeness (QED) is 0.585. The molecule has 0 aliphatic rings. The lowest BCUT2D eigenvalue weighted by Gasteiger charge is -2.11. The summed E-state index contributed by atoms with van der Waals surface area (Å²) in [4.78, 5) is 28.3. The zero-order valence-corrected chi connectivity index (χ0v) is 16.1. The van der Waals surface area contributed by atoms with Gasteiger partial charge in [0.15, 0.2) is 0 Å². The number of nitrogens with one attached hydrogen (secondary N) is 2. The van der Waals surface area contributed by atoms with Crippen LogP contribution in [-0.4, -0.2) is 30.6 Å². The van der Waals surface area contributed by atoms with E-state index in [1.165, 1.54) is 7.11 Å². The first kappa shape index (κ1) is 19.9. The first-order valence-electron chi connectivity index (χ1n) is 9.05. The van der Waals surface area contributed by atoms with Crippen molar-refractivity contribution in [2.75, 3.05) is 24.4 Å². The van der Waals surface area contributed by atoms with E-state index >= 15 is 0 Å². The summed E-state index contributed by atoms with van der Waals surface area (Å²) in [5, 5.41) is 5.95. The van der Waals surface area contributed by atoms with Gasteiger partial charge in [0.2, 0.25) is 0 Å². The number of aromatic nitrogens is 1. The minimum absolute atomic E-state index is 0.269. The van der Waals surface area contributed by atoms with Crippen LogP contribution in [-0.2, 0) is 4.74 Å². The number of anilines is 3. The topological polar surface area (TPSA) is 89.6 Å². The molecule has 0 bridgehead atoms. The van der Waals surface area contributed by atoms with Gasteiger partial charge in [-0.1, -0.05) is 18.2 Å². The molecule has 0 fully saturated rings. The van der Waals surface area contributed by atoms with Gasteiger partial charge in [0, 0.05) is 5.69 Å². The highest BCUT2D eigenvalue weighted by atomic mass is 16.5. The number of hydrogen-bond donors (Lipinski definition) is 2. The molecular weight excluding hydrogens is 370 g/mol. The number of ether oxygens (including phenoxy) is 2. The van der Waals surface area contributed by atoms with Gasteiger partial charge >= 0.3 is 5.97 Å². The van der Waals surface area contributed by atoms with Crippen molar-refractivity contribution in [3.05, 3.63) is 78.1 Å². The first-order valence-corrected chi connectivity index (χ1v) is 9.05. The largest absolute Gasteiger partial charge is 0.492 e. The maximum Gasteiger partial charge on any atom is 0.337 e. The second-order valence-corrected chi connectivity index (χ2v) is 6.01. The normalized spacial score (nSPS) is 10.1. The number of carbonyl (C=O) groups is 2. The number of nitrogens with zero attached hydrogens (tertiary/aromatic N) is 1. The summed E-state index contributed by atoms with van der Waals surface area (Å²) in [5.74, 6) is -0.144. The van der Waals surface area contributed by atoms with E-state index < -0.39 is 5.97 Å². The molecule has 2 N–H and O–H groups in total. The van der Waals surface area contributed by atoms with Crippen LogP contribution in [0.3, 0.4) is 0 Å². The van der Waals surface area contributed by atoms with E-state index in [4.69, 9.17) is 9.47 Å². The summed E-state index contributed by atoms with van der Waals surface area (Å²) >= 11 is 0. The Balaban J connectivity index is 1.69. The van der Waals surface area contributed by atoms with E-state index in [0.29, 0.717) is 35.0 Å². The number of hydrogen-bond acceptors (Lipinski definition) is 6. The highest BCUT2D eigenvalue weighted by Gasteiger charge is 2.11. The molecule has 148 valence electrons. The van der Waals surface area contributed by atoms with Crippen LogP contribution in [0.4, 0.5) is 17.1 Å². The molecule has 0 saturated heterocycles. The molecule has 0 spiro atoms. The van der Waals surface area contributed by atoms with Gasteiger partial charge in [0.05, 0.1) is 36.9 Å². The lowest BCUT2D eigenvalue weighted by Crippen LogP contribution is -2.14. The van der Waals surface area contributed by atoms with Crippen LogP contribution >= 0.6 is 0 Å². The smallest absolute Gasteiger partial charge is 0.337 e. The minimum Gasteiger partial charge on any atom is -0.492 e. The minimum atomic E-state index is -0.411. The highest BCUT2D eigenvalue weighted by Crippen LogP contribution is 2.24. The fraction of sp³-hybridized carbons (Fsp3) is 0.136. The van der Waals surface area contributed by atoms with Crippen molar-refractivity contribution in [2.24, 2.45) is 0 Å². The van der Waals surface area contributed by atoms with E-state index in [-0.39, 0.29) is 11.6 Å². The molecule has 0 saturated carbocycles. The lowest BCUT2D eigenvalue weighted by molar-refractivity contribution is 0.0600. The van der Waals surface area contributed by atoms with Crippen LogP contribution in [0.15, 0.2) is 66.9 Å². The molecule has 1 aromatic heterocycles. The van der Waals surface area contributed by atoms with Gasteiger partial charge in [0.25, 0.3) is 5.91 Å². The molecule has 2 aromatic carbocycles. The molecule has 29 heavy (non-hydrogen) atoms. The Kier molecular flexibility index (Phi) is 6.42. The lowest BCUT2D eigenvalue weighted by atomic mass is 10.2. The maximum atomic E-state index is 12.5.